The topological polar surface area (TPSA) is 85.7 Å². The molecule has 1 spiro atoms. The van der Waals surface area contributed by atoms with Gasteiger partial charge < -0.3 is 9.47 Å². The molecule has 3 amide bonds. The van der Waals surface area contributed by atoms with Crippen molar-refractivity contribution in [1.29, 1.82) is 0 Å². The van der Waals surface area contributed by atoms with Crippen LogP contribution in [0.1, 0.15) is 31.2 Å². The van der Waals surface area contributed by atoms with Crippen molar-refractivity contribution in [3.8, 4) is 0 Å². The van der Waals surface area contributed by atoms with E-state index in [0.29, 0.717) is 25.6 Å². The van der Waals surface area contributed by atoms with Gasteiger partial charge in [0.2, 0.25) is 5.91 Å². The number of aromatic nitrogens is 2. The minimum atomic E-state index is -0.451. The second-order valence-corrected chi connectivity index (χ2v) is 7.45. The Morgan fingerprint density at radius 3 is 2.71 bits per heavy atom. The first-order valence-electron chi connectivity index (χ1n) is 9.61. The van der Waals surface area contributed by atoms with Gasteiger partial charge >= 0.3 is 6.03 Å². The number of carbonyl (C=O) groups excluding carboxylic acids is 2. The highest BCUT2D eigenvalue weighted by Gasteiger charge is 2.38. The molecule has 28 heavy (non-hydrogen) atoms. The van der Waals surface area contributed by atoms with Gasteiger partial charge in [-0.25, -0.2) is 4.79 Å². The third kappa shape index (κ3) is 2.71. The molecule has 1 N–H and O–H groups in total. The molecule has 2 fully saturated rings. The van der Waals surface area contributed by atoms with Crippen molar-refractivity contribution in [2.75, 3.05) is 24.7 Å². The minimum Gasteiger partial charge on any atom is -0.347 e. The predicted octanol–water partition coefficient (Wildman–Crippen LogP) is 2.33. The van der Waals surface area contributed by atoms with Crippen molar-refractivity contribution in [2.45, 2.75) is 31.5 Å². The number of aryl methyl sites for hydroxylation is 1. The summed E-state index contributed by atoms with van der Waals surface area (Å²) in [5, 5.41) is 7.88. The summed E-state index contributed by atoms with van der Waals surface area (Å²) in [6.45, 7) is 1.65. The van der Waals surface area contributed by atoms with Gasteiger partial charge in [0.25, 0.3) is 0 Å². The number of amides is 3. The lowest BCUT2D eigenvalue weighted by Crippen LogP contribution is -2.49. The van der Waals surface area contributed by atoms with Crippen LogP contribution in [-0.4, -0.2) is 47.3 Å². The van der Waals surface area contributed by atoms with Crippen molar-refractivity contribution >= 4 is 34.2 Å². The zero-order valence-corrected chi connectivity index (χ0v) is 15.7. The van der Waals surface area contributed by atoms with Gasteiger partial charge in [0.15, 0.2) is 11.6 Å². The van der Waals surface area contributed by atoms with Gasteiger partial charge in [-0.15, -0.1) is 0 Å². The first-order chi connectivity index (χ1) is 13.6. The number of hydrogen-bond donors (Lipinski definition) is 1. The summed E-state index contributed by atoms with van der Waals surface area (Å²) >= 11 is 0. The summed E-state index contributed by atoms with van der Waals surface area (Å²) in [7, 11) is 1.89. The number of anilines is 1. The van der Waals surface area contributed by atoms with Crippen LogP contribution in [0, 0.1) is 0 Å². The summed E-state index contributed by atoms with van der Waals surface area (Å²) in [6, 6.07) is 5.63. The van der Waals surface area contributed by atoms with E-state index in [0.717, 1.165) is 35.7 Å². The van der Waals surface area contributed by atoms with Crippen LogP contribution in [0.15, 0.2) is 24.3 Å². The highest BCUT2D eigenvalue weighted by atomic mass is 16.7. The van der Waals surface area contributed by atoms with Gasteiger partial charge in [-0.3, -0.25) is 19.7 Å². The number of nitrogens with zero attached hydrogens (tertiary/aromatic N) is 3. The van der Waals surface area contributed by atoms with Crippen molar-refractivity contribution in [1.82, 2.24) is 15.1 Å². The maximum Gasteiger partial charge on any atom is 0.329 e. The average molecular weight is 382 g/mol. The zero-order chi connectivity index (χ0) is 19.3. The van der Waals surface area contributed by atoms with E-state index in [4.69, 9.17) is 9.47 Å². The molecule has 2 aromatic rings. The maximum absolute atomic E-state index is 12.3. The van der Waals surface area contributed by atoms with Gasteiger partial charge in [0, 0.05) is 43.8 Å². The minimum absolute atomic E-state index is 0.250. The Morgan fingerprint density at radius 1 is 1.18 bits per heavy atom. The number of urea groups is 1. The van der Waals surface area contributed by atoms with Crippen molar-refractivity contribution in [3.63, 3.8) is 0 Å². The number of allylic oxidation sites excluding steroid dienone is 1. The Bertz CT molecular complexity index is 1000. The number of benzene rings is 1. The number of carbonyl (C=O) groups is 2. The summed E-state index contributed by atoms with van der Waals surface area (Å²) < 4.78 is 13.5. The second kappa shape index (κ2) is 6.42. The van der Waals surface area contributed by atoms with Crippen molar-refractivity contribution in [2.24, 2.45) is 7.05 Å². The van der Waals surface area contributed by atoms with Gasteiger partial charge in [0.05, 0.1) is 18.7 Å². The molecule has 1 aromatic carbocycles. The molecule has 0 atom stereocenters. The molecule has 0 unspecified atom stereocenters. The van der Waals surface area contributed by atoms with Gasteiger partial charge in [0.1, 0.15) is 0 Å². The Hall–Kier alpha value is -2.71. The quantitative estimate of drug-likeness (QED) is 0.862. The van der Waals surface area contributed by atoms with Crippen LogP contribution < -0.4 is 10.2 Å². The molecule has 3 aliphatic rings. The third-order valence-electron chi connectivity index (χ3n) is 5.75. The van der Waals surface area contributed by atoms with Gasteiger partial charge in [-0.1, -0.05) is 18.2 Å². The molecule has 0 bridgehead atoms. The van der Waals surface area contributed by atoms with E-state index >= 15 is 0 Å². The van der Waals surface area contributed by atoms with Crippen LogP contribution >= 0.6 is 0 Å². The number of nitrogens with one attached hydrogen (secondary N) is 1. The Labute approximate surface area is 162 Å². The maximum atomic E-state index is 12.3. The van der Waals surface area contributed by atoms with E-state index in [-0.39, 0.29) is 12.3 Å². The fourth-order valence-corrected chi connectivity index (χ4v) is 4.36. The van der Waals surface area contributed by atoms with Crippen LogP contribution in [0.25, 0.3) is 16.5 Å². The first-order valence-corrected chi connectivity index (χ1v) is 9.61. The number of ether oxygens (including phenoxy) is 2. The van der Waals surface area contributed by atoms with Crippen LogP contribution in [0.3, 0.4) is 0 Å². The van der Waals surface area contributed by atoms with E-state index < -0.39 is 11.8 Å². The molecule has 1 aromatic heterocycles. The molecule has 8 heteroatoms. The summed E-state index contributed by atoms with van der Waals surface area (Å²) in [6.07, 6.45) is 4.90. The average Bonchev–Trinajstić information content (AvgIpc) is 3.28. The third-order valence-corrected chi connectivity index (χ3v) is 5.75. The molecular formula is C20H22N4O4. The Kier molecular flexibility index (Phi) is 3.99. The van der Waals surface area contributed by atoms with Crippen LogP contribution in [0.5, 0.6) is 0 Å². The second-order valence-electron chi connectivity index (χ2n) is 7.45. The molecule has 146 valence electrons. The van der Waals surface area contributed by atoms with E-state index in [1.807, 2.05) is 23.9 Å². The Balaban J connectivity index is 1.53. The number of hydrogen-bond acceptors (Lipinski definition) is 5. The largest absolute Gasteiger partial charge is 0.347 e. The van der Waals surface area contributed by atoms with Crippen molar-refractivity contribution in [3.05, 3.63) is 29.8 Å². The van der Waals surface area contributed by atoms with Gasteiger partial charge in [-0.2, -0.15) is 5.10 Å². The molecule has 0 radical (unpaired) electrons. The number of para-hydroxylation sites is 1. The molecule has 3 heterocycles. The molecule has 2 saturated heterocycles. The smallest absolute Gasteiger partial charge is 0.329 e. The van der Waals surface area contributed by atoms with Crippen LogP contribution in [0.4, 0.5) is 10.6 Å². The SMILES string of the molecule is Cn1nc(N2CCC(=O)NC2=O)c2cccc(C3=CCC4(CC3)OCCO4)c21. The number of fused-ring (bicyclic) bond motifs is 1. The van der Waals surface area contributed by atoms with Crippen molar-refractivity contribution < 1.29 is 19.1 Å². The molecule has 5 rings (SSSR count). The fraction of sp³-hybridized carbons (Fsp3) is 0.450. The number of imide groups is 1. The predicted molar refractivity (Wildman–Crippen MR) is 103 cm³/mol. The first kappa shape index (κ1) is 17.4. The van der Waals surface area contributed by atoms with E-state index in [2.05, 4.69) is 22.6 Å². The monoisotopic (exact) mass is 382 g/mol. The molecule has 8 nitrogen and oxygen atoms in total. The summed E-state index contributed by atoms with van der Waals surface area (Å²) in [5.41, 5.74) is 3.33. The van der Waals surface area contributed by atoms with E-state index in [1.165, 1.54) is 10.5 Å². The van der Waals surface area contributed by atoms with Gasteiger partial charge in [-0.05, 0) is 18.1 Å². The zero-order valence-electron chi connectivity index (χ0n) is 15.7. The highest BCUT2D eigenvalue weighted by Crippen LogP contribution is 2.40. The molecule has 1 aliphatic carbocycles. The molecule has 0 saturated carbocycles. The van der Waals surface area contributed by atoms with E-state index in [9.17, 15) is 9.59 Å². The summed E-state index contributed by atoms with van der Waals surface area (Å²) in [4.78, 5) is 25.3. The standard InChI is InChI=1S/C20H22N4O4/c1-23-17-14(13-5-8-20(9-6-13)27-11-12-28-20)3-2-4-15(17)18(22-23)24-10-7-16(25)21-19(24)26/h2-5H,6-12H2,1H3,(H,21,25,26). The normalized spacial score (nSPS) is 22.0. The molecule has 2 aliphatic heterocycles. The number of rotatable bonds is 2. The highest BCUT2D eigenvalue weighted by molar-refractivity contribution is 6.09. The lowest BCUT2D eigenvalue weighted by molar-refractivity contribution is -0.159. The lowest BCUT2D eigenvalue weighted by Gasteiger charge is -2.30. The lowest BCUT2D eigenvalue weighted by atomic mass is 9.89. The molecular weight excluding hydrogens is 360 g/mol. The Morgan fingerprint density at radius 2 is 2.00 bits per heavy atom. The van der Waals surface area contributed by atoms with E-state index in [1.54, 1.807) is 0 Å². The van der Waals surface area contributed by atoms with Crippen LogP contribution in [0.2, 0.25) is 0 Å². The summed E-state index contributed by atoms with van der Waals surface area (Å²) in [5.74, 6) is -0.118. The van der Waals surface area contributed by atoms with Crippen LogP contribution in [-0.2, 0) is 21.3 Å². The fourth-order valence-electron chi connectivity index (χ4n) is 4.36.